The minimum Gasteiger partial charge on any atom is -0.323 e. The van der Waals surface area contributed by atoms with Gasteiger partial charge in [0.15, 0.2) is 0 Å². The molecule has 0 aliphatic carbocycles. The highest BCUT2D eigenvalue weighted by Crippen LogP contribution is 2.18. The second-order valence-electron chi connectivity index (χ2n) is 2.07. The number of hydrogen-bond acceptors (Lipinski definition) is 3. The van der Waals surface area contributed by atoms with Gasteiger partial charge in [-0.25, -0.2) is 8.78 Å². The Labute approximate surface area is 67.4 Å². The molecule has 0 aliphatic heterocycles. The summed E-state index contributed by atoms with van der Waals surface area (Å²) in [5.74, 6) is 3.23. The van der Waals surface area contributed by atoms with Gasteiger partial charge in [0.1, 0.15) is 23.3 Å². The maximum absolute atomic E-state index is 12.7. The minimum absolute atomic E-state index is 0.0602. The van der Waals surface area contributed by atoms with Crippen LogP contribution in [-0.4, -0.2) is 0 Å². The van der Waals surface area contributed by atoms with E-state index in [1.165, 1.54) is 0 Å². The maximum Gasteiger partial charge on any atom is 0.146 e. The van der Waals surface area contributed by atoms with E-state index in [2.05, 4.69) is 0 Å². The summed E-state index contributed by atoms with van der Waals surface area (Å²) in [7, 11) is 0. The summed E-state index contributed by atoms with van der Waals surface area (Å²) in [4.78, 5) is 0. The zero-order valence-electron chi connectivity index (χ0n) is 5.94. The molecule has 0 bridgehead atoms. The van der Waals surface area contributed by atoms with Crippen LogP contribution in [0.25, 0.3) is 0 Å². The van der Waals surface area contributed by atoms with Crippen molar-refractivity contribution in [3.63, 3.8) is 0 Å². The molecule has 0 aromatic heterocycles. The third-order valence-electron chi connectivity index (χ3n) is 1.32. The molecular formula is C7H5F2N3. The van der Waals surface area contributed by atoms with Crippen LogP contribution in [0.1, 0.15) is 5.56 Å². The fraction of sp³-hybridized carbons (Fsp3) is 0. The highest BCUT2D eigenvalue weighted by molar-refractivity contribution is 5.57. The molecule has 0 radical (unpaired) electrons. The van der Waals surface area contributed by atoms with Crippen molar-refractivity contribution in [2.45, 2.75) is 0 Å². The van der Waals surface area contributed by atoms with Crippen LogP contribution in [-0.2, 0) is 0 Å². The van der Waals surface area contributed by atoms with Crippen LogP contribution in [0.4, 0.5) is 14.5 Å². The Morgan fingerprint density at radius 2 is 2.08 bits per heavy atom. The molecule has 0 atom stereocenters. The Hall–Kier alpha value is -1.67. The third kappa shape index (κ3) is 1.33. The van der Waals surface area contributed by atoms with E-state index in [4.69, 9.17) is 11.1 Å². The fourth-order valence-corrected chi connectivity index (χ4v) is 0.801. The predicted octanol–water partition coefficient (Wildman–Crippen LogP) is 1.12. The van der Waals surface area contributed by atoms with Crippen molar-refractivity contribution in [2.75, 3.05) is 5.43 Å². The van der Waals surface area contributed by atoms with Crippen molar-refractivity contribution < 1.29 is 8.78 Å². The fourth-order valence-electron chi connectivity index (χ4n) is 0.801. The van der Waals surface area contributed by atoms with Gasteiger partial charge in [0.2, 0.25) is 0 Å². The van der Waals surface area contributed by atoms with Crippen molar-refractivity contribution in [2.24, 2.45) is 5.84 Å². The summed E-state index contributed by atoms with van der Waals surface area (Å²) in [5.41, 5.74) is 1.67. The first kappa shape index (κ1) is 8.43. The lowest BCUT2D eigenvalue weighted by molar-refractivity contribution is 0.581. The topological polar surface area (TPSA) is 61.8 Å². The van der Waals surface area contributed by atoms with Gasteiger partial charge in [-0.05, 0) is 6.07 Å². The summed E-state index contributed by atoms with van der Waals surface area (Å²) in [6.45, 7) is 0. The van der Waals surface area contributed by atoms with Gasteiger partial charge in [-0.1, -0.05) is 0 Å². The van der Waals surface area contributed by atoms with Crippen LogP contribution in [0.15, 0.2) is 12.1 Å². The van der Waals surface area contributed by atoms with E-state index in [0.29, 0.717) is 6.07 Å². The van der Waals surface area contributed by atoms with Crippen molar-refractivity contribution in [3.8, 4) is 6.07 Å². The lowest BCUT2D eigenvalue weighted by Gasteiger charge is -2.02. The Balaban J connectivity index is 3.36. The number of nitrogens with one attached hydrogen (secondary N) is 1. The SMILES string of the molecule is N#Cc1c(F)cc(F)cc1NN. The average molecular weight is 169 g/mol. The maximum atomic E-state index is 12.7. The normalized spacial score (nSPS) is 9.17. The standard InChI is InChI=1S/C7H5F2N3/c8-4-1-6(9)5(3-10)7(2-4)12-11/h1-2,12H,11H2. The molecule has 0 unspecified atom stereocenters. The third-order valence-corrected chi connectivity index (χ3v) is 1.32. The van der Waals surface area contributed by atoms with E-state index in [0.717, 1.165) is 6.07 Å². The van der Waals surface area contributed by atoms with Crippen molar-refractivity contribution in [3.05, 3.63) is 29.3 Å². The number of nitrogen functional groups attached to an aromatic ring is 1. The Kier molecular flexibility index (Phi) is 2.21. The summed E-state index contributed by atoms with van der Waals surface area (Å²) < 4.78 is 25.2. The van der Waals surface area contributed by atoms with E-state index in [1.54, 1.807) is 6.07 Å². The number of benzene rings is 1. The van der Waals surface area contributed by atoms with Crippen LogP contribution in [0, 0.1) is 23.0 Å². The van der Waals surface area contributed by atoms with Gasteiger partial charge in [-0.3, -0.25) is 5.84 Å². The second-order valence-corrected chi connectivity index (χ2v) is 2.07. The van der Waals surface area contributed by atoms with Crippen molar-refractivity contribution in [1.82, 2.24) is 0 Å². The van der Waals surface area contributed by atoms with Gasteiger partial charge in [-0.2, -0.15) is 5.26 Å². The molecule has 0 saturated carbocycles. The van der Waals surface area contributed by atoms with Crippen molar-refractivity contribution in [1.29, 1.82) is 5.26 Å². The number of hydrazine groups is 1. The molecular weight excluding hydrogens is 164 g/mol. The van der Waals surface area contributed by atoms with E-state index in [-0.39, 0.29) is 11.3 Å². The number of anilines is 1. The lowest BCUT2D eigenvalue weighted by Crippen LogP contribution is -2.09. The van der Waals surface area contributed by atoms with E-state index in [9.17, 15) is 8.78 Å². The first-order valence-electron chi connectivity index (χ1n) is 3.04. The zero-order valence-corrected chi connectivity index (χ0v) is 5.94. The number of nitriles is 1. The van der Waals surface area contributed by atoms with E-state index < -0.39 is 11.6 Å². The molecule has 0 amide bonds. The smallest absolute Gasteiger partial charge is 0.146 e. The zero-order chi connectivity index (χ0) is 9.14. The molecule has 0 aliphatic rings. The molecule has 1 rings (SSSR count). The molecule has 0 saturated heterocycles. The largest absolute Gasteiger partial charge is 0.323 e. The van der Waals surface area contributed by atoms with E-state index in [1.807, 2.05) is 5.43 Å². The molecule has 0 heterocycles. The molecule has 12 heavy (non-hydrogen) atoms. The van der Waals surface area contributed by atoms with Crippen LogP contribution in [0.5, 0.6) is 0 Å². The number of hydrogen-bond donors (Lipinski definition) is 2. The first-order chi connectivity index (χ1) is 5.69. The first-order valence-corrected chi connectivity index (χ1v) is 3.04. The summed E-state index contributed by atoms with van der Waals surface area (Å²) >= 11 is 0. The monoisotopic (exact) mass is 169 g/mol. The highest BCUT2D eigenvalue weighted by atomic mass is 19.1. The van der Waals surface area contributed by atoms with Gasteiger partial charge >= 0.3 is 0 Å². The lowest BCUT2D eigenvalue weighted by atomic mass is 10.2. The molecule has 0 spiro atoms. The summed E-state index contributed by atoms with van der Waals surface area (Å²) in [6, 6.07) is 3.13. The molecule has 0 fully saturated rings. The Morgan fingerprint density at radius 3 is 2.58 bits per heavy atom. The van der Waals surface area contributed by atoms with Gasteiger partial charge in [0.25, 0.3) is 0 Å². The highest BCUT2D eigenvalue weighted by Gasteiger charge is 2.09. The number of nitrogens with two attached hydrogens (primary N) is 1. The van der Waals surface area contributed by atoms with Crippen LogP contribution in [0.2, 0.25) is 0 Å². The Morgan fingerprint density at radius 1 is 1.42 bits per heavy atom. The van der Waals surface area contributed by atoms with E-state index >= 15 is 0 Å². The van der Waals surface area contributed by atoms with Gasteiger partial charge in [0.05, 0.1) is 5.69 Å². The van der Waals surface area contributed by atoms with Crippen LogP contribution >= 0.6 is 0 Å². The quantitative estimate of drug-likeness (QED) is 0.489. The summed E-state index contributed by atoms with van der Waals surface area (Å²) in [5, 5.41) is 8.41. The molecule has 5 heteroatoms. The Bertz CT molecular complexity index is 343. The predicted molar refractivity (Wildman–Crippen MR) is 38.9 cm³/mol. The number of halogens is 2. The van der Waals surface area contributed by atoms with Crippen molar-refractivity contribution >= 4 is 5.69 Å². The van der Waals surface area contributed by atoms with Gasteiger partial charge in [0, 0.05) is 6.07 Å². The van der Waals surface area contributed by atoms with Gasteiger partial charge < -0.3 is 5.43 Å². The number of rotatable bonds is 1. The molecule has 62 valence electrons. The molecule has 3 N–H and O–H groups in total. The average Bonchev–Trinajstić information content (AvgIpc) is 2.03. The van der Waals surface area contributed by atoms with Gasteiger partial charge in [-0.15, -0.1) is 0 Å². The van der Waals surface area contributed by atoms with Crippen LogP contribution < -0.4 is 11.3 Å². The molecule has 3 nitrogen and oxygen atoms in total. The second kappa shape index (κ2) is 3.15. The molecule has 1 aromatic rings. The minimum atomic E-state index is -0.926. The number of nitrogens with zero attached hydrogens (tertiary/aromatic N) is 1. The molecule has 1 aromatic carbocycles. The van der Waals surface area contributed by atoms with Crippen LogP contribution in [0.3, 0.4) is 0 Å². The summed E-state index contributed by atoms with van der Waals surface area (Å²) in [6.07, 6.45) is 0.